The molecule has 6 nitrogen and oxygen atoms in total. The summed E-state index contributed by atoms with van der Waals surface area (Å²) in [5.74, 6) is -1.07. The molecule has 1 aliphatic rings. The molecule has 0 bridgehead atoms. The van der Waals surface area contributed by atoms with Crippen LogP contribution in [0.4, 0.5) is 24.5 Å². The Hall–Kier alpha value is -3.23. The summed E-state index contributed by atoms with van der Waals surface area (Å²) >= 11 is 0. The second-order valence-electron chi connectivity index (χ2n) is 7.88. The first-order chi connectivity index (χ1) is 15.1. The molecule has 0 saturated carbocycles. The molecule has 1 N–H and O–H groups in total. The highest BCUT2D eigenvalue weighted by molar-refractivity contribution is 5.92. The van der Waals surface area contributed by atoms with E-state index in [4.69, 9.17) is 4.74 Å². The second kappa shape index (κ2) is 9.93. The fourth-order valence-corrected chi connectivity index (χ4v) is 3.40. The third-order valence-corrected chi connectivity index (χ3v) is 5.24. The van der Waals surface area contributed by atoms with Crippen LogP contribution in [0.2, 0.25) is 0 Å². The number of amides is 2. The van der Waals surface area contributed by atoms with Crippen LogP contribution in [-0.2, 0) is 9.59 Å². The second-order valence-corrected chi connectivity index (χ2v) is 7.88. The lowest BCUT2D eigenvalue weighted by atomic mass is 10.0. The highest BCUT2D eigenvalue weighted by atomic mass is 19.4. The van der Waals surface area contributed by atoms with E-state index in [1.807, 2.05) is 29.2 Å². The van der Waals surface area contributed by atoms with Crippen LogP contribution in [0.5, 0.6) is 5.75 Å². The van der Waals surface area contributed by atoms with E-state index >= 15 is 0 Å². The topological polar surface area (TPSA) is 61.9 Å². The minimum Gasteiger partial charge on any atom is -0.484 e. The molecule has 0 atom stereocenters. The Morgan fingerprint density at radius 1 is 0.969 bits per heavy atom. The minimum absolute atomic E-state index is 0.00627. The third-order valence-electron chi connectivity index (χ3n) is 5.24. The van der Waals surface area contributed by atoms with Crippen LogP contribution in [0.1, 0.15) is 25.3 Å². The van der Waals surface area contributed by atoms with Crippen LogP contribution in [0.15, 0.2) is 48.5 Å². The van der Waals surface area contributed by atoms with Gasteiger partial charge in [0.25, 0.3) is 5.91 Å². The summed E-state index contributed by atoms with van der Waals surface area (Å²) < 4.78 is 43.2. The maximum Gasteiger partial charge on any atom is 0.471 e. The van der Waals surface area contributed by atoms with Gasteiger partial charge in [-0.2, -0.15) is 13.2 Å². The lowest BCUT2D eigenvalue weighted by Crippen LogP contribution is -2.52. The van der Waals surface area contributed by atoms with E-state index in [1.54, 1.807) is 24.3 Å². The molecule has 0 aromatic heterocycles. The first kappa shape index (κ1) is 23.4. The first-order valence-electron chi connectivity index (χ1n) is 10.4. The molecule has 0 spiro atoms. The number of ether oxygens (including phenoxy) is 1. The minimum atomic E-state index is -4.84. The van der Waals surface area contributed by atoms with Gasteiger partial charge in [-0.3, -0.25) is 9.59 Å². The molecule has 1 fully saturated rings. The summed E-state index contributed by atoms with van der Waals surface area (Å²) in [7, 11) is 0. The Morgan fingerprint density at radius 3 is 2.09 bits per heavy atom. The van der Waals surface area contributed by atoms with Crippen molar-refractivity contribution in [1.29, 1.82) is 0 Å². The highest BCUT2D eigenvalue weighted by Gasteiger charge is 2.43. The molecular formula is C23H26F3N3O3. The average molecular weight is 449 g/mol. The third kappa shape index (κ3) is 6.15. The number of hydrogen-bond donors (Lipinski definition) is 1. The van der Waals surface area contributed by atoms with Gasteiger partial charge >= 0.3 is 12.1 Å². The highest BCUT2D eigenvalue weighted by Crippen LogP contribution is 2.23. The van der Waals surface area contributed by atoms with E-state index in [0.717, 1.165) is 10.6 Å². The van der Waals surface area contributed by atoms with E-state index in [9.17, 15) is 22.8 Å². The van der Waals surface area contributed by atoms with Crippen molar-refractivity contribution in [3.05, 3.63) is 54.1 Å². The number of hydrogen-bond acceptors (Lipinski definition) is 4. The number of carbonyl (C=O) groups excluding carboxylic acids is 2. The number of carbonyl (C=O) groups is 2. The predicted molar refractivity (Wildman–Crippen MR) is 116 cm³/mol. The van der Waals surface area contributed by atoms with Crippen molar-refractivity contribution in [3.8, 4) is 5.75 Å². The quantitative estimate of drug-likeness (QED) is 0.723. The molecule has 0 aliphatic carbocycles. The van der Waals surface area contributed by atoms with E-state index in [-0.39, 0.29) is 25.6 Å². The molecule has 1 heterocycles. The smallest absolute Gasteiger partial charge is 0.471 e. The number of benzene rings is 2. The van der Waals surface area contributed by atoms with Crippen molar-refractivity contribution >= 4 is 23.2 Å². The van der Waals surface area contributed by atoms with Crippen molar-refractivity contribution in [2.45, 2.75) is 25.9 Å². The first-order valence-corrected chi connectivity index (χ1v) is 10.4. The molecule has 9 heteroatoms. The summed E-state index contributed by atoms with van der Waals surface area (Å²) in [6.45, 7) is 4.69. The monoisotopic (exact) mass is 449 g/mol. The Morgan fingerprint density at radius 2 is 1.56 bits per heavy atom. The zero-order valence-electron chi connectivity index (χ0n) is 18.0. The van der Waals surface area contributed by atoms with Gasteiger partial charge in [0, 0.05) is 37.6 Å². The lowest BCUT2D eigenvalue weighted by molar-refractivity contribution is -0.185. The largest absolute Gasteiger partial charge is 0.484 e. The Balaban J connectivity index is 1.46. The normalized spacial score (nSPS) is 14.4. The van der Waals surface area contributed by atoms with E-state index in [0.29, 0.717) is 30.4 Å². The molecule has 0 unspecified atom stereocenters. The number of nitrogens with zero attached hydrogens (tertiary/aromatic N) is 2. The number of nitrogens with one attached hydrogen (secondary N) is 1. The summed E-state index contributed by atoms with van der Waals surface area (Å²) in [5, 5.41) is 2.75. The van der Waals surface area contributed by atoms with Crippen molar-refractivity contribution in [2.75, 3.05) is 43.0 Å². The fraction of sp³-hybridized carbons (Fsp3) is 0.391. The number of alkyl halides is 3. The van der Waals surface area contributed by atoms with E-state index in [1.165, 1.54) is 5.56 Å². The maximum atomic E-state index is 12.6. The maximum absolute atomic E-state index is 12.6. The molecule has 1 aliphatic heterocycles. The van der Waals surface area contributed by atoms with Gasteiger partial charge in [-0.25, -0.2) is 0 Å². The van der Waals surface area contributed by atoms with Gasteiger partial charge in [-0.05, 0) is 47.9 Å². The number of halogens is 3. The van der Waals surface area contributed by atoms with Crippen molar-refractivity contribution in [1.82, 2.24) is 4.90 Å². The lowest BCUT2D eigenvalue weighted by Gasteiger charge is -2.36. The van der Waals surface area contributed by atoms with Crippen LogP contribution in [0, 0.1) is 0 Å². The fourth-order valence-electron chi connectivity index (χ4n) is 3.40. The predicted octanol–water partition coefficient (Wildman–Crippen LogP) is 4.04. The van der Waals surface area contributed by atoms with Crippen molar-refractivity contribution in [3.63, 3.8) is 0 Å². The standard InChI is InChI=1S/C23H26F3N3O3/c1-16(2)17-3-9-20(10-4-17)32-15-21(30)27-18-5-7-19(8-6-18)28-11-13-29(14-12-28)22(31)23(24,25)26/h3-10,16H,11-15H2,1-2H3,(H,27,30). The molecule has 32 heavy (non-hydrogen) atoms. The van der Waals surface area contributed by atoms with E-state index < -0.39 is 12.1 Å². The van der Waals surface area contributed by atoms with Gasteiger partial charge in [0.05, 0.1) is 0 Å². The molecule has 2 amide bonds. The summed E-state index contributed by atoms with van der Waals surface area (Å²) in [6, 6.07) is 14.6. The SMILES string of the molecule is CC(C)c1ccc(OCC(=O)Nc2ccc(N3CCN(C(=O)C(F)(F)F)CC3)cc2)cc1. The molecule has 1 saturated heterocycles. The molecule has 2 aromatic carbocycles. The Kier molecular flexibility index (Phi) is 7.27. The summed E-state index contributed by atoms with van der Waals surface area (Å²) in [4.78, 5) is 26.2. The average Bonchev–Trinajstić information content (AvgIpc) is 2.77. The zero-order valence-corrected chi connectivity index (χ0v) is 18.0. The van der Waals surface area contributed by atoms with E-state index in [2.05, 4.69) is 19.2 Å². The van der Waals surface area contributed by atoms with Crippen molar-refractivity contribution in [2.24, 2.45) is 0 Å². The number of rotatable bonds is 6. The molecule has 2 aromatic rings. The number of anilines is 2. The molecule has 0 radical (unpaired) electrons. The van der Waals surface area contributed by atoms with Gasteiger partial charge in [-0.1, -0.05) is 26.0 Å². The zero-order chi connectivity index (χ0) is 23.3. The van der Waals surface area contributed by atoms with Crippen LogP contribution >= 0.6 is 0 Å². The summed E-state index contributed by atoms with van der Waals surface area (Å²) in [5.41, 5.74) is 2.59. The molecule has 172 valence electrons. The molecular weight excluding hydrogens is 423 g/mol. The van der Waals surface area contributed by atoms with Crippen LogP contribution < -0.4 is 15.0 Å². The van der Waals surface area contributed by atoms with Gasteiger partial charge in [0.2, 0.25) is 0 Å². The number of piperazine rings is 1. The van der Waals surface area contributed by atoms with Crippen LogP contribution in [0.25, 0.3) is 0 Å². The van der Waals surface area contributed by atoms with Gasteiger partial charge in [-0.15, -0.1) is 0 Å². The van der Waals surface area contributed by atoms with Crippen LogP contribution in [-0.4, -0.2) is 55.7 Å². The van der Waals surface area contributed by atoms with Gasteiger partial charge in [0.1, 0.15) is 5.75 Å². The summed E-state index contributed by atoms with van der Waals surface area (Å²) in [6.07, 6.45) is -4.84. The molecule has 3 rings (SSSR count). The Labute approximate surface area is 184 Å². The van der Waals surface area contributed by atoms with Gasteiger partial charge < -0.3 is 19.9 Å². The van der Waals surface area contributed by atoms with Crippen molar-refractivity contribution < 1.29 is 27.5 Å². The van der Waals surface area contributed by atoms with Gasteiger partial charge in [0.15, 0.2) is 6.61 Å². The Bertz CT molecular complexity index is 920. The van der Waals surface area contributed by atoms with Crippen LogP contribution in [0.3, 0.4) is 0 Å².